The third-order valence-electron chi connectivity index (χ3n) is 7.54. The number of likely N-dealkylation sites (N-methyl/N-ethyl adjacent to an activating group) is 2. The monoisotopic (exact) mass is 563 g/mol. The van der Waals surface area contributed by atoms with Gasteiger partial charge in [0.1, 0.15) is 0 Å². The van der Waals surface area contributed by atoms with E-state index in [4.69, 9.17) is 12.2 Å². The van der Waals surface area contributed by atoms with Crippen LogP contribution < -0.4 is 5.32 Å². The van der Waals surface area contributed by atoms with Crippen molar-refractivity contribution in [3.8, 4) is 0 Å². The van der Waals surface area contributed by atoms with E-state index in [0.717, 1.165) is 15.8 Å². The number of para-hydroxylation sites is 2. The number of rotatable bonds is 3. The average Bonchev–Trinajstić information content (AvgIpc) is 3.34. The number of benzene rings is 2. The summed E-state index contributed by atoms with van der Waals surface area (Å²) in [4.78, 5) is 30.5. The van der Waals surface area contributed by atoms with Crippen LogP contribution in [0, 0.1) is 0 Å². The van der Waals surface area contributed by atoms with E-state index in [1.807, 2.05) is 0 Å². The van der Waals surface area contributed by atoms with E-state index >= 15 is 0 Å². The molecule has 5 rings (SSSR count). The molecule has 0 aliphatic carbocycles. The molecule has 0 saturated carbocycles. The van der Waals surface area contributed by atoms with Gasteiger partial charge in [-0.3, -0.25) is 0 Å². The summed E-state index contributed by atoms with van der Waals surface area (Å²) in [6.45, 7) is 9.04. The molecule has 0 bridgehead atoms. The number of hydrogen-bond donors (Lipinski definition) is 1. The number of carbonyl (C=O) groups excluding carboxylic acids is 2. The van der Waals surface area contributed by atoms with Crippen LogP contribution in [0.15, 0.2) is 59.0 Å². The molecule has 2 amide bonds. The topological polar surface area (TPSA) is 52.7 Å². The Bertz CT molecular complexity index is 1440. The maximum absolute atomic E-state index is 12.8. The van der Waals surface area contributed by atoms with Gasteiger partial charge >= 0.3 is 224 Å². The molecule has 36 heavy (non-hydrogen) atoms. The molecule has 0 atom stereocenters. The summed E-state index contributed by atoms with van der Waals surface area (Å²) < 4.78 is 1.00. The molecular weight excluding hydrogens is 533 g/mol. The molecular formula is C29H29N3O2SSe. The van der Waals surface area contributed by atoms with E-state index in [9.17, 15) is 9.59 Å². The SMILES string of the molecule is CN1C(=O)C(=Cc2cc(C(C)(C)c3cccc4c3Nc3ccccc3C4(C)C)c[se]2)C(=O)N(C)C1=S. The summed E-state index contributed by atoms with van der Waals surface area (Å²) >= 11 is 5.23. The van der Waals surface area contributed by atoms with Crippen LogP contribution in [0.2, 0.25) is 0 Å². The summed E-state index contributed by atoms with van der Waals surface area (Å²) in [5, 5.41) is 3.95. The molecule has 2 aromatic carbocycles. The van der Waals surface area contributed by atoms with Crippen molar-refractivity contribution >= 4 is 61.1 Å². The fraction of sp³-hybridized carbons (Fsp3) is 0.276. The summed E-state index contributed by atoms with van der Waals surface area (Å²) in [6, 6.07) is 17.2. The van der Waals surface area contributed by atoms with Gasteiger partial charge in [-0.05, 0) is 0 Å². The Balaban J connectivity index is 1.54. The van der Waals surface area contributed by atoms with Crippen molar-refractivity contribution in [1.29, 1.82) is 0 Å². The molecule has 1 saturated heterocycles. The molecule has 0 spiro atoms. The van der Waals surface area contributed by atoms with Gasteiger partial charge in [0, 0.05) is 0 Å². The molecule has 3 heterocycles. The predicted octanol–water partition coefficient (Wildman–Crippen LogP) is 5.05. The normalized spacial score (nSPS) is 17.1. The summed E-state index contributed by atoms with van der Waals surface area (Å²) in [6.07, 6.45) is 1.75. The third-order valence-corrected chi connectivity index (χ3v) is 9.94. The first-order chi connectivity index (χ1) is 16.9. The molecule has 1 fully saturated rings. The van der Waals surface area contributed by atoms with Gasteiger partial charge in [0.05, 0.1) is 0 Å². The van der Waals surface area contributed by atoms with E-state index in [1.165, 1.54) is 32.1 Å². The predicted molar refractivity (Wildman–Crippen MR) is 150 cm³/mol. The Kier molecular flexibility index (Phi) is 5.86. The molecule has 5 nitrogen and oxygen atoms in total. The van der Waals surface area contributed by atoms with Gasteiger partial charge < -0.3 is 0 Å². The van der Waals surface area contributed by atoms with Crippen molar-refractivity contribution in [1.82, 2.24) is 9.80 Å². The van der Waals surface area contributed by atoms with Gasteiger partial charge in [-0.15, -0.1) is 0 Å². The number of hydrogen-bond acceptors (Lipinski definition) is 4. The Labute approximate surface area is 223 Å². The van der Waals surface area contributed by atoms with Crippen LogP contribution in [0.5, 0.6) is 0 Å². The number of nitrogens with one attached hydrogen (secondary N) is 1. The molecule has 2 aliphatic heterocycles. The molecule has 1 N–H and O–H groups in total. The van der Waals surface area contributed by atoms with Gasteiger partial charge in [-0.2, -0.15) is 0 Å². The minimum absolute atomic E-state index is 0.0173. The minimum atomic E-state index is -0.352. The second-order valence-electron chi connectivity index (χ2n) is 10.5. The second kappa shape index (κ2) is 8.55. The Hall–Kier alpha value is -2.99. The van der Waals surface area contributed by atoms with Crippen LogP contribution in [0.25, 0.3) is 6.08 Å². The summed E-state index contributed by atoms with van der Waals surface area (Å²) in [7, 11) is 3.21. The Morgan fingerprint density at radius 2 is 1.61 bits per heavy atom. The van der Waals surface area contributed by atoms with E-state index in [-0.39, 0.29) is 47.8 Å². The first-order valence-electron chi connectivity index (χ1n) is 11.9. The first kappa shape index (κ1) is 24.7. The number of nitrogens with zero attached hydrogens (tertiary/aromatic N) is 2. The van der Waals surface area contributed by atoms with Crippen LogP contribution in [0.3, 0.4) is 0 Å². The van der Waals surface area contributed by atoms with Crippen molar-refractivity contribution in [3.63, 3.8) is 0 Å². The number of fused-ring (bicyclic) bond motifs is 2. The van der Waals surface area contributed by atoms with Crippen LogP contribution in [0.1, 0.15) is 54.4 Å². The second-order valence-corrected chi connectivity index (χ2v) is 12.8. The molecule has 0 unspecified atom stereocenters. The average molecular weight is 563 g/mol. The van der Waals surface area contributed by atoms with E-state index in [2.05, 4.69) is 86.5 Å². The maximum atomic E-state index is 12.8. The molecule has 184 valence electrons. The standard InChI is InChI=1S/C29H29N3O2SSe/c1-28(2,17-14-18(36-16-17)15-19-25(33)31(5)27(35)32(6)26(19)34)21-11-9-12-22-24(21)30-23-13-8-7-10-20(23)29(22,3)4/h7-16,30H,1-6H3. The van der Waals surface area contributed by atoms with Gasteiger partial charge in [0.25, 0.3) is 0 Å². The van der Waals surface area contributed by atoms with Crippen molar-refractivity contribution < 1.29 is 9.59 Å². The summed E-state index contributed by atoms with van der Waals surface area (Å²) in [5.74, 6) is -0.704. The van der Waals surface area contributed by atoms with Gasteiger partial charge in [0.15, 0.2) is 0 Å². The fourth-order valence-corrected chi connectivity index (χ4v) is 7.45. The van der Waals surface area contributed by atoms with E-state index in [0.29, 0.717) is 0 Å². The Morgan fingerprint density at radius 3 is 2.31 bits per heavy atom. The molecule has 2 aliphatic rings. The number of carbonyl (C=O) groups is 2. The van der Waals surface area contributed by atoms with Gasteiger partial charge in [-0.25, -0.2) is 0 Å². The molecule has 7 heteroatoms. The zero-order chi connectivity index (χ0) is 26.0. The zero-order valence-corrected chi connectivity index (χ0v) is 23.8. The number of thiocarbonyl (C=S) groups is 1. The quantitative estimate of drug-likeness (QED) is 0.210. The van der Waals surface area contributed by atoms with Crippen molar-refractivity contribution in [3.05, 3.63) is 85.7 Å². The van der Waals surface area contributed by atoms with Crippen LogP contribution in [0.4, 0.5) is 11.4 Å². The zero-order valence-electron chi connectivity index (χ0n) is 21.3. The van der Waals surface area contributed by atoms with Crippen LogP contribution in [-0.2, 0) is 20.4 Å². The molecule has 3 aromatic rings. The summed E-state index contributed by atoms with van der Waals surface area (Å²) in [5.41, 5.74) is 7.05. The van der Waals surface area contributed by atoms with Crippen LogP contribution >= 0.6 is 12.2 Å². The number of amides is 2. The van der Waals surface area contributed by atoms with Crippen molar-refractivity contribution in [2.45, 2.75) is 38.5 Å². The molecule has 0 radical (unpaired) electrons. The molecule has 1 aromatic heterocycles. The first-order valence-corrected chi connectivity index (χ1v) is 14.1. The number of anilines is 2. The van der Waals surface area contributed by atoms with Gasteiger partial charge in [-0.1, -0.05) is 0 Å². The Morgan fingerprint density at radius 1 is 0.972 bits per heavy atom. The van der Waals surface area contributed by atoms with E-state index < -0.39 is 0 Å². The van der Waals surface area contributed by atoms with Gasteiger partial charge in [0.2, 0.25) is 0 Å². The van der Waals surface area contributed by atoms with Crippen molar-refractivity contribution in [2.24, 2.45) is 0 Å². The fourth-order valence-electron chi connectivity index (χ4n) is 5.17. The van der Waals surface area contributed by atoms with Crippen LogP contribution in [-0.4, -0.2) is 55.3 Å². The van der Waals surface area contributed by atoms with E-state index in [1.54, 1.807) is 20.2 Å². The third kappa shape index (κ3) is 3.69. The van der Waals surface area contributed by atoms with Crippen molar-refractivity contribution in [2.75, 3.05) is 19.4 Å².